The van der Waals surface area contributed by atoms with Crippen LogP contribution in [-0.2, 0) is 0 Å². The van der Waals surface area contributed by atoms with Gasteiger partial charge in [0.05, 0.1) is 0 Å². The summed E-state index contributed by atoms with van der Waals surface area (Å²) in [6.45, 7) is 0. The SMILES string of the molecule is Clc1cc(Cl)cc(-c2cc(Cl)nnc2Cl)c1. The van der Waals surface area contributed by atoms with Crippen molar-refractivity contribution in [1.82, 2.24) is 10.2 Å². The van der Waals surface area contributed by atoms with Crippen LogP contribution in [0.1, 0.15) is 0 Å². The lowest BCUT2D eigenvalue weighted by atomic mass is 10.1. The lowest BCUT2D eigenvalue weighted by Gasteiger charge is -2.04. The zero-order valence-corrected chi connectivity index (χ0v) is 10.7. The predicted octanol–water partition coefficient (Wildman–Crippen LogP) is 4.76. The highest BCUT2D eigenvalue weighted by atomic mass is 35.5. The van der Waals surface area contributed by atoms with Gasteiger partial charge in [0.15, 0.2) is 10.3 Å². The fourth-order valence-corrected chi connectivity index (χ4v) is 2.14. The average molecular weight is 294 g/mol. The largest absolute Gasteiger partial charge is 0.159 e. The summed E-state index contributed by atoms with van der Waals surface area (Å²) in [6.07, 6.45) is 0. The molecule has 0 N–H and O–H groups in total. The molecule has 0 fully saturated rings. The Labute approximate surface area is 112 Å². The summed E-state index contributed by atoms with van der Waals surface area (Å²) in [5.74, 6) is 0. The standard InChI is InChI=1S/C10H4Cl4N2/c11-6-1-5(2-7(12)3-6)8-4-9(13)15-16-10(8)14/h1-4H. The minimum Gasteiger partial charge on any atom is -0.137 e. The lowest BCUT2D eigenvalue weighted by Crippen LogP contribution is -1.88. The van der Waals surface area contributed by atoms with Crippen LogP contribution in [0.3, 0.4) is 0 Å². The van der Waals surface area contributed by atoms with E-state index >= 15 is 0 Å². The van der Waals surface area contributed by atoms with Crippen molar-refractivity contribution in [2.45, 2.75) is 0 Å². The monoisotopic (exact) mass is 292 g/mol. The molecule has 0 aliphatic rings. The highest BCUT2D eigenvalue weighted by Gasteiger charge is 2.08. The average Bonchev–Trinajstić information content (AvgIpc) is 2.20. The third kappa shape index (κ3) is 2.58. The summed E-state index contributed by atoms with van der Waals surface area (Å²) in [7, 11) is 0. The van der Waals surface area contributed by atoms with E-state index in [1.54, 1.807) is 24.3 Å². The van der Waals surface area contributed by atoms with E-state index in [-0.39, 0.29) is 10.3 Å². The minimum absolute atomic E-state index is 0.253. The van der Waals surface area contributed by atoms with Gasteiger partial charge >= 0.3 is 0 Å². The Balaban J connectivity index is 2.62. The van der Waals surface area contributed by atoms with E-state index in [1.165, 1.54) is 0 Å². The first-order valence-corrected chi connectivity index (χ1v) is 5.72. The molecule has 0 aliphatic carbocycles. The van der Waals surface area contributed by atoms with Gasteiger partial charge < -0.3 is 0 Å². The Hall–Kier alpha value is -0.540. The fraction of sp³-hybridized carbons (Fsp3) is 0. The van der Waals surface area contributed by atoms with Gasteiger partial charge in [0.2, 0.25) is 0 Å². The summed E-state index contributed by atoms with van der Waals surface area (Å²) >= 11 is 23.5. The van der Waals surface area contributed by atoms with Crippen molar-refractivity contribution in [2.75, 3.05) is 0 Å². The molecule has 1 aromatic heterocycles. The second-order valence-corrected chi connectivity index (χ2v) is 4.65. The van der Waals surface area contributed by atoms with Crippen LogP contribution in [0.2, 0.25) is 20.4 Å². The predicted molar refractivity (Wildman–Crippen MR) is 67.5 cm³/mol. The number of benzene rings is 1. The first kappa shape index (κ1) is 11.9. The van der Waals surface area contributed by atoms with Gasteiger partial charge in [0.1, 0.15) is 0 Å². The van der Waals surface area contributed by atoms with Crippen LogP contribution in [0.25, 0.3) is 11.1 Å². The maximum Gasteiger partial charge on any atom is 0.159 e. The zero-order chi connectivity index (χ0) is 11.7. The summed E-state index contributed by atoms with van der Waals surface area (Å²) < 4.78 is 0. The van der Waals surface area contributed by atoms with Crippen molar-refractivity contribution in [3.8, 4) is 11.1 Å². The molecule has 2 nitrogen and oxygen atoms in total. The van der Waals surface area contributed by atoms with Crippen molar-refractivity contribution < 1.29 is 0 Å². The molecule has 82 valence electrons. The topological polar surface area (TPSA) is 25.8 Å². The zero-order valence-electron chi connectivity index (χ0n) is 7.72. The molecule has 0 saturated heterocycles. The van der Waals surface area contributed by atoms with E-state index < -0.39 is 0 Å². The molecule has 0 amide bonds. The quantitative estimate of drug-likeness (QED) is 0.758. The van der Waals surface area contributed by atoms with Crippen LogP contribution in [0.4, 0.5) is 0 Å². The summed E-state index contributed by atoms with van der Waals surface area (Å²) in [6, 6.07) is 6.70. The smallest absolute Gasteiger partial charge is 0.137 e. The number of hydrogen-bond acceptors (Lipinski definition) is 2. The van der Waals surface area contributed by atoms with Crippen molar-refractivity contribution in [3.63, 3.8) is 0 Å². The number of rotatable bonds is 1. The number of aromatic nitrogens is 2. The normalized spacial score (nSPS) is 10.5. The summed E-state index contributed by atoms with van der Waals surface area (Å²) in [5.41, 5.74) is 1.39. The van der Waals surface area contributed by atoms with E-state index in [9.17, 15) is 0 Å². The maximum atomic E-state index is 5.92. The molecule has 1 aromatic carbocycles. The second kappa shape index (κ2) is 4.76. The first-order valence-electron chi connectivity index (χ1n) is 4.21. The van der Waals surface area contributed by atoms with E-state index in [1.807, 2.05) is 0 Å². The number of nitrogens with zero attached hydrogens (tertiary/aromatic N) is 2. The van der Waals surface area contributed by atoms with Gasteiger partial charge in [0.25, 0.3) is 0 Å². The Morgan fingerprint density at radius 1 is 0.750 bits per heavy atom. The summed E-state index contributed by atoms with van der Waals surface area (Å²) in [5, 5.41) is 8.89. The molecule has 0 spiro atoms. The summed E-state index contributed by atoms with van der Waals surface area (Å²) in [4.78, 5) is 0. The molecule has 0 radical (unpaired) electrons. The van der Waals surface area contributed by atoms with E-state index in [4.69, 9.17) is 46.4 Å². The molecule has 1 heterocycles. The van der Waals surface area contributed by atoms with Crippen molar-refractivity contribution in [3.05, 3.63) is 44.6 Å². The molecule has 6 heteroatoms. The van der Waals surface area contributed by atoms with Crippen LogP contribution in [0, 0.1) is 0 Å². The van der Waals surface area contributed by atoms with Gasteiger partial charge in [-0.05, 0) is 29.8 Å². The molecule has 16 heavy (non-hydrogen) atoms. The molecular formula is C10H4Cl4N2. The Morgan fingerprint density at radius 2 is 1.38 bits per heavy atom. The Kier molecular flexibility index (Phi) is 3.55. The van der Waals surface area contributed by atoms with Gasteiger partial charge in [-0.15, -0.1) is 10.2 Å². The third-order valence-electron chi connectivity index (χ3n) is 1.89. The van der Waals surface area contributed by atoms with E-state index in [0.717, 1.165) is 5.56 Å². The molecule has 0 saturated carbocycles. The van der Waals surface area contributed by atoms with Gasteiger partial charge in [-0.1, -0.05) is 46.4 Å². The minimum atomic E-state index is 0.253. The highest BCUT2D eigenvalue weighted by Crippen LogP contribution is 2.31. The van der Waals surface area contributed by atoms with Crippen LogP contribution in [-0.4, -0.2) is 10.2 Å². The maximum absolute atomic E-state index is 5.92. The highest BCUT2D eigenvalue weighted by molar-refractivity contribution is 6.36. The lowest BCUT2D eigenvalue weighted by molar-refractivity contribution is 1.03. The molecule has 0 atom stereocenters. The Bertz CT molecular complexity index is 522. The van der Waals surface area contributed by atoms with Gasteiger partial charge in [0, 0.05) is 15.6 Å². The number of hydrogen-bond donors (Lipinski definition) is 0. The fourth-order valence-electron chi connectivity index (χ4n) is 1.26. The molecular weight excluding hydrogens is 290 g/mol. The molecule has 2 aromatic rings. The van der Waals surface area contributed by atoms with Crippen molar-refractivity contribution in [2.24, 2.45) is 0 Å². The third-order valence-corrected chi connectivity index (χ3v) is 2.79. The molecule has 2 rings (SSSR count). The molecule has 0 aliphatic heterocycles. The van der Waals surface area contributed by atoms with Gasteiger partial charge in [-0.25, -0.2) is 0 Å². The van der Waals surface area contributed by atoms with E-state index in [0.29, 0.717) is 15.6 Å². The van der Waals surface area contributed by atoms with Crippen LogP contribution < -0.4 is 0 Å². The van der Waals surface area contributed by atoms with Crippen molar-refractivity contribution >= 4 is 46.4 Å². The number of halogens is 4. The molecule has 0 bridgehead atoms. The second-order valence-electron chi connectivity index (χ2n) is 3.03. The van der Waals surface area contributed by atoms with Crippen LogP contribution >= 0.6 is 46.4 Å². The Morgan fingerprint density at radius 3 is 2.00 bits per heavy atom. The molecule has 0 unspecified atom stereocenters. The van der Waals surface area contributed by atoms with E-state index in [2.05, 4.69) is 10.2 Å². The van der Waals surface area contributed by atoms with Crippen LogP contribution in [0.5, 0.6) is 0 Å². The first-order chi connectivity index (χ1) is 7.56. The van der Waals surface area contributed by atoms with Crippen LogP contribution in [0.15, 0.2) is 24.3 Å². The van der Waals surface area contributed by atoms with Crippen molar-refractivity contribution in [1.29, 1.82) is 0 Å². The van der Waals surface area contributed by atoms with Gasteiger partial charge in [-0.3, -0.25) is 0 Å². The van der Waals surface area contributed by atoms with Gasteiger partial charge in [-0.2, -0.15) is 0 Å².